The van der Waals surface area contributed by atoms with Gasteiger partial charge in [-0.1, -0.05) is 6.92 Å². The minimum atomic E-state index is -2.32. The standard InChI is InChI=1S/C8H18NO3P/c1-5-13(4,11)9-6-8(10)12-7(2)3/h7H,5-6H2,1-4H3,(H,9,11). The second-order valence-corrected chi connectivity index (χ2v) is 6.44. The Bertz CT molecular complexity index is 215. The van der Waals surface area contributed by atoms with Crippen LogP contribution in [0.25, 0.3) is 0 Å². The van der Waals surface area contributed by atoms with Gasteiger partial charge in [0.05, 0.1) is 12.6 Å². The predicted octanol–water partition coefficient (Wildman–Crippen LogP) is 1.46. The van der Waals surface area contributed by atoms with Gasteiger partial charge in [0, 0.05) is 12.8 Å². The normalized spacial score (nSPS) is 15.5. The van der Waals surface area contributed by atoms with Crippen molar-refractivity contribution in [2.24, 2.45) is 0 Å². The molecule has 1 atom stereocenters. The summed E-state index contributed by atoms with van der Waals surface area (Å²) in [6, 6.07) is 0. The van der Waals surface area contributed by atoms with Gasteiger partial charge in [0.2, 0.25) is 0 Å². The summed E-state index contributed by atoms with van der Waals surface area (Å²) in [6.45, 7) is 7.03. The molecule has 4 nitrogen and oxygen atoms in total. The molecule has 0 bridgehead atoms. The predicted molar refractivity (Wildman–Crippen MR) is 53.3 cm³/mol. The van der Waals surface area contributed by atoms with Gasteiger partial charge in [-0.05, 0) is 13.8 Å². The quantitative estimate of drug-likeness (QED) is 0.547. The molecule has 0 rings (SSSR count). The van der Waals surface area contributed by atoms with Crippen molar-refractivity contribution < 1.29 is 14.1 Å². The lowest BCUT2D eigenvalue weighted by atomic mass is 10.5. The lowest BCUT2D eigenvalue weighted by Gasteiger charge is -2.13. The summed E-state index contributed by atoms with van der Waals surface area (Å²) < 4.78 is 16.3. The molecule has 0 fully saturated rings. The van der Waals surface area contributed by atoms with Crippen molar-refractivity contribution in [1.82, 2.24) is 5.09 Å². The highest BCUT2D eigenvalue weighted by Gasteiger charge is 2.14. The lowest BCUT2D eigenvalue weighted by Crippen LogP contribution is -2.25. The minimum absolute atomic E-state index is 0.0276. The third-order valence-electron chi connectivity index (χ3n) is 1.53. The van der Waals surface area contributed by atoms with Crippen molar-refractivity contribution in [3.8, 4) is 0 Å². The molecule has 0 amide bonds. The molecule has 0 spiro atoms. The van der Waals surface area contributed by atoms with Gasteiger partial charge in [-0.15, -0.1) is 0 Å². The molecule has 0 heterocycles. The Hall–Kier alpha value is -0.340. The van der Waals surface area contributed by atoms with Gasteiger partial charge in [0.1, 0.15) is 7.29 Å². The van der Waals surface area contributed by atoms with Crippen LogP contribution < -0.4 is 5.09 Å². The van der Waals surface area contributed by atoms with Crippen LogP contribution in [0.1, 0.15) is 20.8 Å². The van der Waals surface area contributed by atoms with E-state index in [1.54, 1.807) is 20.5 Å². The maximum absolute atomic E-state index is 11.5. The summed E-state index contributed by atoms with van der Waals surface area (Å²) in [6.07, 6.45) is 0.425. The smallest absolute Gasteiger partial charge is 0.320 e. The zero-order chi connectivity index (χ0) is 10.5. The molecule has 1 unspecified atom stereocenters. The van der Waals surface area contributed by atoms with Gasteiger partial charge < -0.3 is 9.30 Å². The number of hydrogen-bond acceptors (Lipinski definition) is 3. The summed E-state index contributed by atoms with van der Waals surface area (Å²) in [5.41, 5.74) is 0. The molecule has 5 heteroatoms. The first-order valence-electron chi connectivity index (χ1n) is 4.38. The number of hydrogen-bond donors (Lipinski definition) is 1. The first-order chi connectivity index (χ1) is 5.87. The van der Waals surface area contributed by atoms with Crippen molar-refractivity contribution in [1.29, 1.82) is 0 Å². The maximum atomic E-state index is 11.5. The Morgan fingerprint density at radius 2 is 2.08 bits per heavy atom. The van der Waals surface area contributed by atoms with Crippen molar-refractivity contribution in [3.63, 3.8) is 0 Å². The second kappa shape index (κ2) is 5.40. The van der Waals surface area contributed by atoms with Gasteiger partial charge in [-0.3, -0.25) is 9.88 Å². The van der Waals surface area contributed by atoms with Crippen LogP contribution in [0, 0.1) is 0 Å². The summed E-state index contributed by atoms with van der Waals surface area (Å²) >= 11 is 0. The van der Waals surface area contributed by atoms with Gasteiger partial charge >= 0.3 is 5.97 Å². The van der Waals surface area contributed by atoms with Gasteiger partial charge in [0.25, 0.3) is 0 Å². The second-order valence-electron chi connectivity index (χ2n) is 3.29. The lowest BCUT2D eigenvalue weighted by molar-refractivity contribution is -0.145. The zero-order valence-electron chi connectivity index (χ0n) is 8.66. The Labute approximate surface area is 79.5 Å². The van der Waals surface area contributed by atoms with Crippen molar-refractivity contribution in [2.45, 2.75) is 26.9 Å². The maximum Gasteiger partial charge on any atom is 0.320 e. The van der Waals surface area contributed by atoms with E-state index in [1.165, 1.54) is 0 Å². The summed E-state index contributed by atoms with van der Waals surface area (Å²) in [5, 5.41) is 2.69. The van der Waals surface area contributed by atoms with Crippen LogP contribution in [0.15, 0.2) is 0 Å². The summed E-state index contributed by atoms with van der Waals surface area (Å²) in [4.78, 5) is 11.0. The molecule has 0 aliphatic carbocycles. The van der Waals surface area contributed by atoms with E-state index < -0.39 is 7.29 Å². The van der Waals surface area contributed by atoms with Crippen LogP contribution in [0.4, 0.5) is 0 Å². The van der Waals surface area contributed by atoms with Crippen molar-refractivity contribution in [2.75, 3.05) is 19.4 Å². The molecule has 0 aliphatic heterocycles. The van der Waals surface area contributed by atoms with Crippen LogP contribution in [0.2, 0.25) is 0 Å². The average molecular weight is 207 g/mol. The molecule has 0 aromatic carbocycles. The average Bonchev–Trinajstić information content (AvgIpc) is 2.00. The molecule has 0 radical (unpaired) electrons. The number of rotatable bonds is 5. The number of ether oxygens (including phenoxy) is 1. The Kier molecular flexibility index (Phi) is 5.26. The third kappa shape index (κ3) is 6.79. The first kappa shape index (κ1) is 12.7. The van der Waals surface area contributed by atoms with Crippen molar-refractivity contribution in [3.05, 3.63) is 0 Å². The fraction of sp³-hybridized carbons (Fsp3) is 0.875. The van der Waals surface area contributed by atoms with E-state index in [1.807, 2.05) is 6.92 Å². The van der Waals surface area contributed by atoms with Crippen LogP contribution in [-0.4, -0.2) is 31.4 Å². The number of carbonyl (C=O) groups is 1. The summed E-state index contributed by atoms with van der Waals surface area (Å²) in [5.74, 6) is -0.356. The highest BCUT2D eigenvalue weighted by atomic mass is 31.2. The molecule has 0 aliphatic rings. The van der Waals surface area contributed by atoms with E-state index in [4.69, 9.17) is 4.74 Å². The largest absolute Gasteiger partial charge is 0.462 e. The fourth-order valence-corrected chi connectivity index (χ4v) is 1.34. The third-order valence-corrected chi connectivity index (χ3v) is 3.56. The van der Waals surface area contributed by atoms with Crippen LogP contribution >= 0.6 is 7.29 Å². The van der Waals surface area contributed by atoms with E-state index >= 15 is 0 Å². The van der Waals surface area contributed by atoms with Crippen LogP contribution in [0.5, 0.6) is 0 Å². The highest BCUT2D eigenvalue weighted by molar-refractivity contribution is 7.61. The molecule has 0 saturated heterocycles. The van der Waals surface area contributed by atoms with E-state index in [9.17, 15) is 9.36 Å². The SMILES string of the molecule is CCP(C)(=O)NCC(=O)OC(C)C. The molecular weight excluding hydrogens is 189 g/mol. The van der Waals surface area contributed by atoms with Gasteiger partial charge in [-0.2, -0.15) is 0 Å². The van der Waals surface area contributed by atoms with Crippen LogP contribution in [-0.2, 0) is 14.1 Å². The molecule has 0 aromatic rings. The Balaban J connectivity index is 3.77. The minimum Gasteiger partial charge on any atom is -0.462 e. The topological polar surface area (TPSA) is 55.4 Å². The highest BCUT2D eigenvalue weighted by Crippen LogP contribution is 2.34. The summed E-state index contributed by atoms with van der Waals surface area (Å²) in [7, 11) is -2.32. The molecule has 1 N–H and O–H groups in total. The molecule has 0 saturated carbocycles. The van der Waals surface area contributed by atoms with Crippen molar-refractivity contribution >= 4 is 13.3 Å². The molecular formula is C8H18NO3P. The van der Waals surface area contributed by atoms with Gasteiger partial charge in [0.15, 0.2) is 0 Å². The van der Waals surface area contributed by atoms with E-state index in [0.29, 0.717) is 6.16 Å². The Morgan fingerprint density at radius 1 is 1.54 bits per heavy atom. The van der Waals surface area contributed by atoms with E-state index in [2.05, 4.69) is 5.09 Å². The fourth-order valence-electron chi connectivity index (χ4n) is 0.648. The van der Waals surface area contributed by atoms with Crippen LogP contribution in [0.3, 0.4) is 0 Å². The Morgan fingerprint density at radius 3 is 2.46 bits per heavy atom. The molecule has 13 heavy (non-hydrogen) atoms. The monoisotopic (exact) mass is 207 g/mol. The van der Waals surface area contributed by atoms with E-state index in [0.717, 1.165) is 0 Å². The van der Waals surface area contributed by atoms with Gasteiger partial charge in [-0.25, -0.2) is 0 Å². The first-order valence-corrected chi connectivity index (χ1v) is 6.72. The number of esters is 1. The molecule has 78 valence electrons. The molecule has 0 aromatic heterocycles. The van der Waals surface area contributed by atoms with E-state index in [-0.39, 0.29) is 18.6 Å². The number of carbonyl (C=O) groups excluding carboxylic acids is 1. The number of nitrogens with one attached hydrogen (secondary N) is 1. The zero-order valence-corrected chi connectivity index (χ0v) is 9.56.